The fraction of sp³-hybridized carbons (Fsp3) is 0.423. The highest BCUT2D eigenvalue weighted by molar-refractivity contribution is 7.89. The second kappa shape index (κ2) is 10.6. The number of piperidine rings is 1. The fourth-order valence-electron chi connectivity index (χ4n) is 4.60. The van der Waals surface area contributed by atoms with E-state index >= 15 is 0 Å². The van der Waals surface area contributed by atoms with E-state index in [-0.39, 0.29) is 5.91 Å². The van der Waals surface area contributed by atoms with Crippen LogP contribution in [0.15, 0.2) is 59.5 Å². The molecule has 0 aromatic heterocycles. The van der Waals surface area contributed by atoms with Crippen LogP contribution in [0.1, 0.15) is 25.3 Å². The molecule has 2 aromatic carbocycles. The predicted molar refractivity (Wildman–Crippen MR) is 134 cm³/mol. The third kappa shape index (κ3) is 5.45. The molecular weight excluding hydrogens is 450 g/mol. The number of hydrogen-bond acceptors (Lipinski definition) is 5. The van der Waals surface area contributed by atoms with E-state index in [9.17, 15) is 13.2 Å². The lowest BCUT2D eigenvalue weighted by Gasteiger charge is -2.36. The van der Waals surface area contributed by atoms with E-state index in [0.29, 0.717) is 55.8 Å². The summed E-state index contributed by atoms with van der Waals surface area (Å²) in [5.74, 6) is 0.975. The number of carbonyl (C=O) groups is 1. The summed E-state index contributed by atoms with van der Waals surface area (Å²) in [6.07, 6.45) is 5.38. The van der Waals surface area contributed by atoms with E-state index < -0.39 is 10.0 Å². The van der Waals surface area contributed by atoms with E-state index in [2.05, 4.69) is 11.8 Å². The van der Waals surface area contributed by atoms with Gasteiger partial charge in [0, 0.05) is 45.3 Å². The van der Waals surface area contributed by atoms with Gasteiger partial charge in [-0.1, -0.05) is 37.3 Å². The van der Waals surface area contributed by atoms with Crippen molar-refractivity contribution >= 4 is 27.7 Å². The average Bonchev–Trinajstić information content (AvgIpc) is 2.87. The van der Waals surface area contributed by atoms with Crippen molar-refractivity contribution < 1.29 is 17.9 Å². The van der Waals surface area contributed by atoms with Crippen molar-refractivity contribution in [1.29, 1.82) is 0 Å². The molecule has 2 aliphatic rings. The molecule has 34 heavy (non-hydrogen) atoms. The SMILES string of the molecule is COc1ccc(S(=O)(=O)N2CCC[C@@H](C)C2)cc1N1CCN(C(=O)/C=C/c2ccccc2)CC1. The highest BCUT2D eigenvalue weighted by Crippen LogP contribution is 2.33. The van der Waals surface area contributed by atoms with E-state index in [0.717, 1.165) is 24.1 Å². The van der Waals surface area contributed by atoms with Crippen molar-refractivity contribution in [2.75, 3.05) is 51.3 Å². The van der Waals surface area contributed by atoms with Crippen LogP contribution in [0.25, 0.3) is 6.08 Å². The number of hydrogen-bond donors (Lipinski definition) is 0. The first-order valence-corrected chi connectivity index (χ1v) is 13.3. The Bertz CT molecular complexity index is 1130. The van der Waals surface area contributed by atoms with Crippen LogP contribution < -0.4 is 9.64 Å². The highest BCUT2D eigenvalue weighted by atomic mass is 32.2. The van der Waals surface area contributed by atoms with Crippen LogP contribution in [0.3, 0.4) is 0 Å². The zero-order valence-electron chi connectivity index (χ0n) is 19.9. The van der Waals surface area contributed by atoms with Gasteiger partial charge in [0.15, 0.2) is 0 Å². The predicted octanol–water partition coefficient (Wildman–Crippen LogP) is 3.48. The third-order valence-electron chi connectivity index (χ3n) is 6.56. The van der Waals surface area contributed by atoms with Crippen LogP contribution in [0.2, 0.25) is 0 Å². The number of methoxy groups -OCH3 is 1. The topological polar surface area (TPSA) is 70.2 Å². The molecule has 0 aliphatic carbocycles. The molecule has 1 amide bonds. The van der Waals surface area contributed by atoms with Gasteiger partial charge in [-0.25, -0.2) is 8.42 Å². The van der Waals surface area contributed by atoms with Crippen LogP contribution in [-0.4, -0.2) is 69.9 Å². The Labute approximate surface area is 202 Å². The van der Waals surface area contributed by atoms with Gasteiger partial charge in [-0.15, -0.1) is 0 Å². The Balaban J connectivity index is 1.46. The molecule has 2 heterocycles. The Hall–Kier alpha value is -2.84. The molecule has 0 radical (unpaired) electrons. The molecule has 7 nitrogen and oxygen atoms in total. The number of amides is 1. The number of benzene rings is 2. The van der Waals surface area contributed by atoms with Gasteiger partial charge in [0.2, 0.25) is 15.9 Å². The standard InChI is InChI=1S/C26H33N3O4S/c1-21-7-6-14-29(20-21)34(31,32)23-11-12-25(33-2)24(19-23)27-15-17-28(18-16-27)26(30)13-10-22-8-4-3-5-9-22/h3-5,8-13,19,21H,6-7,14-18,20H2,1-2H3/b13-10+/t21-/m1/s1. The van der Waals surface area contributed by atoms with Crippen LogP contribution in [0.5, 0.6) is 5.75 Å². The normalized spacial score (nSPS) is 20.0. The molecule has 0 unspecified atom stereocenters. The number of anilines is 1. The summed E-state index contributed by atoms with van der Waals surface area (Å²) in [4.78, 5) is 16.8. The summed E-state index contributed by atoms with van der Waals surface area (Å²) in [5, 5.41) is 0. The van der Waals surface area contributed by atoms with Crippen molar-refractivity contribution in [2.45, 2.75) is 24.7 Å². The van der Waals surface area contributed by atoms with E-state index in [1.807, 2.05) is 41.3 Å². The molecule has 2 fully saturated rings. The molecule has 182 valence electrons. The Morgan fingerprint density at radius 3 is 2.44 bits per heavy atom. The van der Waals surface area contributed by atoms with Crippen LogP contribution >= 0.6 is 0 Å². The van der Waals surface area contributed by atoms with Gasteiger partial charge in [0.05, 0.1) is 17.7 Å². The molecule has 4 rings (SSSR count). The minimum Gasteiger partial charge on any atom is -0.495 e. The summed E-state index contributed by atoms with van der Waals surface area (Å²) in [7, 11) is -1.97. The largest absolute Gasteiger partial charge is 0.495 e. The summed E-state index contributed by atoms with van der Waals surface area (Å²) in [5.41, 5.74) is 1.74. The van der Waals surface area contributed by atoms with Crippen LogP contribution in [0, 0.1) is 5.92 Å². The summed E-state index contributed by atoms with van der Waals surface area (Å²) in [6.45, 7) is 5.53. The summed E-state index contributed by atoms with van der Waals surface area (Å²) in [6, 6.07) is 14.8. The molecule has 0 bridgehead atoms. The minimum atomic E-state index is -3.56. The molecule has 0 saturated carbocycles. The first kappa shape index (κ1) is 24.3. The van der Waals surface area contributed by atoms with Gasteiger partial charge in [0.25, 0.3) is 0 Å². The van der Waals surface area contributed by atoms with Gasteiger partial charge in [-0.3, -0.25) is 4.79 Å². The number of ether oxygens (including phenoxy) is 1. The fourth-order valence-corrected chi connectivity index (χ4v) is 6.21. The molecular formula is C26H33N3O4S. The molecule has 2 aliphatic heterocycles. The molecule has 8 heteroatoms. The molecule has 2 saturated heterocycles. The number of sulfonamides is 1. The molecule has 0 spiro atoms. The maximum Gasteiger partial charge on any atom is 0.246 e. The van der Waals surface area contributed by atoms with Crippen molar-refractivity contribution in [1.82, 2.24) is 9.21 Å². The number of piperazine rings is 1. The van der Waals surface area contributed by atoms with Crippen molar-refractivity contribution in [2.24, 2.45) is 5.92 Å². The number of rotatable bonds is 6. The summed E-state index contributed by atoms with van der Waals surface area (Å²) < 4.78 is 33.8. The second-order valence-corrected chi connectivity index (χ2v) is 10.9. The van der Waals surface area contributed by atoms with Crippen LogP contribution in [-0.2, 0) is 14.8 Å². The summed E-state index contributed by atoms with van der Waals surface area (Å²) >= 11 is 0. The van der Waals surface area contributed by atoms with E-state index in [1.165, 1.54) is 0 Å². The monoisotopic (exact) mass is 483 g/mol. The lowest BCUT2D eigenvalue weighted by Crippen LogP contribution is -2.48. The minimum absolute atomic E-state index is 0.0222. The maximum absolute atomic E-state index is 13.3. The van der Waals surface area contributed by atoms with Crippen LogP contribution in [0.4, 0.5) is 5.69 Å². The molecule has 2 aromatic rings. The highest BCUT2D eigenvalue weighted by Gasteiger charge is 2.30. The van der Waals surface area contributed by atoms with Gasteiger partial charge < -0.3 is 14.5 Å². The quantitative estimate of drug-likeness (QED) is 0.589. The lowest BCUT2D eigenvalue weighted by atomic mass is 10.0. The average molecular weight is 484 g/mol. The van der Waals surface area contributed by atoms with Crippen molar-refractivity contribution in [3.05, 3.63) is 60.2 Å². The Kier molecular flexibility index (Phi) is 7.58. The Morgan fingerprint density at radius 2 is 1.76 bits per heavy atom. The maximum atomic E-state index is 13.3. The van der Waals surface area contributed by atoms with E-state index in [4.69, 9.17) is 4.74 Å². The lowest BCUT2D eigenvalue weighted by molar-refractivity contribution is -0.126. The van der Waals surface area contributed by atoms with Gasteiger partial charge in [-0.05, 0) is 48.6 Å². The smallest absolute Gasteiger partial charge is 0.246 e. The molecule has 0 N–H and O–H groups in total. The van der Waals surface area contributed by atoms with Crippen molar-refractivity contribution in [3.8, 4) is 5.75 Å². The van der Waals surface area contributed by atoms with Gasteiger partial charge >= 0.3 is 0 Å². The van der Waals surface area contributed by atoms with E-state index in [1.54, 1.807) is 35.7 Å². The van der Waals surface area contributed by atoms with Crippen molar-refractivity contribution in [3.63, 3.8) is 0 Å². The van der Waals surface area contributed by atoms with Gasteiger partial charge in [0.1, 0.15) is 5.75 Å². The Morgan fingerprint density at radius 1 is 1.03 bits per heavy atom. The number of carbonyl (C=O) groups excluding carboxylic acids is 1. The molecule has 1 atom stereocenters. The third-order valence-corrected chi connectivity index (χ3v) is 8.42. The first-order valence-electron chi connectivity index (χ1n) is 11.8. The zero-order valence-corrected chi connectivity index (χ0v) is 20.7. The second-order valence-electron chi connectivity index (χ2n) is 9.00. The van der Waals surface area contributed by atoms with Gasteiger partial charge in [-0.2, -0.15) is 4.31 Å². The number of nitrogens with zero attached hydrogens (tertiary/aromatic N) is 3. The first-order chi connectivity index (χ1) is 16.4. The zero-order chi connectivity index (χ0) is 24.1.